The average molecular weight is 207 g/mol. The third kappa shape index (κ3) is 1.88. The Hall–Kier alpha value is -1.49. The Morgan fingerprint density at radius 1 is 1.64 bits per heavy atom. The van der Waals surface area contributed by atoms with Gasteiger partial charge in [-0.25, -0.2) is 9.67 Å². The van der Waals surface area contributed by atoms with Gasteiger partial charge in [0.05, 0.1) is 17.1 Å². The second-order valence-electron chi connectivity index (χ2n) is 2.88. The number of carbonyl (C=O) groups is 1. The fraction of sp³-hybridized carbons (Fsp3) is 0.222. The van der Waals surface area contributed by atoms with E-state index in [9.17, 15) is 4.79 Å². The average Bonchev–Trinajstić information content (AvgIpc) is 2.75. The Bertz CT molecular complexity index is 433. The lowest BCUT2D eigenvalue weighted by atomic mass is 10.3. The van der Waals surface area contributed by atoms with Gasteiger partial charge in [0.2, 0.25) is 0 Å². The minimum atomic E-state index is -0.0553. The summed E-state index contributed by atoms with van der Waals surface area (Å²) in [4.78, 5) is 15.8. The molecule has 0 atom stereocenters. The molecule has 72 valence electrons. The largest absolute Gasteiger partial charge is 0.272 e. The van der Waals surface area contributed by atoms with Crippen molar-refractivity contribution >= 4 is 17.2 Å². The molecule has 0 radical (unpaired) electrons. The van der Waals surface area contributed by atoms with Gasteiger partial charge in [-0.3, -0.25) is 4.79 Å². The number of hydrogen-bond acceptors (Lipinski definition) is 4. The van der Waals surface area contributed by atoms with Crippen LogP contribution in [0, 0.1) is 6.92 Å². The van der Waals surface area contributed by atoms with Crippen LogP contribution < -0.4 is 0 Å². The van der Waals surface area contributed by atoms with Crippen LogP contribution in [0.15, 0.2) is 23.8 Å². The number of thiazole rings is 1. The molecule has 0 spiro atoms. The van der Waals surface area contributed by atoms with Crippen LogP contribution in [0.25, 0.3) is 0 Å². The highest BCUT2D eigenvalue weighted by Crippen LogP contribution is 2.08. The van der Waals surface area contributed by atoms with Gasteiger partial charge in [0.25, 0.3) is 5.91 Å². The predicted molar refractivity (Wildman–Crippen MR) is 53.4 cm³/mol. The molecule has 2 aromatic rings. The molecule has 0 amide bonds. The summed E-state index contributed by atoms with van der Waals surface area (Å²) in [6.07, 6.45) is 3.54. The molecule has 2 aromatic heterocycles. The van der Waals surface area contributed by atoms with E-state index in [-0.39, 0.29) is 5.91 Å². The quantitative estimate of drug-likeness (QED) is 0.750. The van der Waals surface area contributed by atoms with Crippen molar-refractivity contribution in [3.63, 3.8) is 0 Å². The monoisotopic (exact) mass is 207 g/mol. The number of aromatic nitrogens is 3. The van der Waals surface area contributed by atoms with E-state index in [4.69, 9.17) is 0 Å². The zero-order chi connectivity index (χ0) is 9.97. The van der Waals surface area contributed by atoms with Gasteiger partial charge in [-0.1, -0.05) is 0 Å². The second-order valence-corrected chi connectivity index (χ2v) is 3.94. The highest BCUT2D eigenvalue weighted by Gasteiger charge is 2.08. The van der Waals surface area contributed by atoms with Crippen molar-refractivity contribution in [2.75, 3.05) is 0 Å². The van der Waals surface area contributed by atoms with Crippen LogP contribution in [-0.2, 0) is 6.42 Å². The topological polar surface area (TPSA) is 47.8 Å². The van der Waals surface area contributed by atoms with Crippen molar-refractivity contribution in [3.8, 4) is 0 Å². The van der Waals surface area contributed by atoms with E-state index in [0.717, 1.165) is 10.7 Å². The van der Waals surface area contributed by atoms with Gasteiger partial charge in [-0.2, -0.15) is 5.10 Å². The van der Waals surface area contributed by atoms with Crippen LogP contribution in [0.3, 0.4) is 0 Å². The molecule has 0 aliphatic rings. The van der Waals surface area contributed by atoms with Gasteiger partial charge in [0.1, 0.15) is 0 Å². The first-order valence-electron chi connectivity index (χ1n) is 4.19. The molecule has 5 heteroatoms. The Morgan fingerprint density at radius 3 is 3.07 bits per heavy atom. The Morgan fingerprint density at radius 2 is 2.50 bits per heavy atom. The van der Waals surface area contributed by atoms with Crippen molar-refractivity contribution in [2.24, 2.45) is 0 Å². The molecule has 2 heterocycles. The van der Waals surface area contributed by atoms with Crippen molar-refractivity contribution < 1.29 is 4.79 Å². The normalized spacial score (nSPS) is 10.4. The van der Waals surface area contributed by atoms with Crippen molar-refractivity contribution in [1.82, 2.24) is 14.8 Å². The summed E-state index contributed by atoms with van der Waals surface area (Å²) in [6, 6.07) is 1.73. The zero-order valence-electron chi connectivity index (χ0n) is 7.67. The first-order valence-corrected chi connectivity index (χ1v) is 5.07. The van der Waals surface area contributed by atoms with Gasteiger partial charge >= 0.3 is 0 Å². The summed E-state index contributed by atoms with van der Waals surface area (Å²) < 4.78 is 1.33. The van der Waals surface area contributed by atoms with E-state index in [0.29, 0.717) is 6.42 Å². The molecule has 0 aromatic carbocycles. The fourth-order valence-corrected chi connectivity index (χ4v) is 1.75. The molecular weight excluding hydrogens is 198 g/mol. The molecule has 0 bridgehead atoms. The van der Waals surface area contributed by atoms with E-state index >= 15 is 0 Å². The maximum absolute atomic E-state index is 11.5. The molecule has 14 heavy (non-hydrogen) atoms. The molecule has 0 N–H and O–H groups in total. The van der Waals surface area contributed by atoms with Gasteiger partial charge < -0.3 is 0 Å². The van der Waals surface area contributed by atoms with Crippen molar-refractivity contribution in [1.29, 1.82) is 0 Å². The summed E-state index contributed by atoms with van der Waals surface area (Å²) in [7, 11) is 0. The van der Waals surface area contributed by atoms with Crippen LogP contribution in [-0.4, -0.2) is 20.7 Å². The summed E-state index contributed by atoms with van der Waals surface area (Å²) in [5.41, 5.74) is 0.813. The van der Waals surface area contributed by atoms with E-state index in [1.807, 2.05) is 12.3 Å². The molecule has 0 aliphatic heterocycles. The molecule has 0 saturated carbocycles. The zero-order valence-corrected chi connectivity index (χ0v) is 8.49. The third-order valence-corrected chi connectivity index (χ3v) is 2.58. The summed E-state index contributed by atoms with van der Waals surface area (Å²) in [5, 5.41) is 6.74. The molecule has 0 fully saturated rings. The van der Waals surface area contributed by atoms with Crippen LogP contribution in [0.1, 0.15) is 15.5 Å². The highest BCUT2D eigenvalue weighted by molar-refractivity contribution is 7.09. The first-order chi connectivity index (χ1) is 6.75. The van der Waals surface area contributed by atoms with Gasteiger partial charge in [0, 0.05) is 17.8 Å². The molecule has 0 aliphatic carbocycles. The van der Waals surface area contributed by atoms with Gasteiger partial charge in [0.15, 0.2) is 0 Å². The molecule has 2 rings (SSSR count). The Balaban J connectivity index is 2.09. The van der Waals surface area contributed by atoms with E-state index in [1.54, 1.807) is 29.8 Å². The molecule has 4 nitrogen and oxygen atoms in total. The maximum Gasteiger partial charge on any atom is 0.252 e. The smallest absolute Gasteiger partial charge is 0.252 e. The van der Waals surface area contributed by atoms with E-state index in [1.165, 1.54) is 4.68 Å². The molecular formula is C9H9N3OS. The SMILES string of the molecule is Cc1nc(CC(=O)n2cccn2)cs1. The molecule has 0 saturated heterocycles. The Kier molecular flexibility index (Phi) is 2.41. The summed E-state index contributed by atoms with van der Waals surface area (Å²) >= 11 is 1.55. The number of carbonyl (C=O) groups excluding carboxylic acids is 1. The number of hydrogen-bond donors (Lipinski definition) is 0. The number of nitrogens with zero attached hydrogens (tertiary/aromatic N) is 3. The highest BCUT2D eigenvalue weighted by atomic mass is 32.1. The van der Waals surface area contributed by atoms with Crippen LogP contribution >= 0.6 is 11.3 Å². The number of aryl methyl sites for hydroxylation is 1. The Labute approximate surface area is 85.2 Å². The summed E-state index contributed by atoms with van der Waals surface area (Å²) in [6.45, 7) is 1.92. The minimum Gasteiger partial charge on any atom is -0.272 e. The lowest BCUT2D eigenvalue weighted by Gasteiger charge is -1.96. The van der Waals surface area contributed by atoms with E-state index < -0.39 is 0 Å². The van der Waals surface area contributed by atoms with Crippen molar-refractivity contribution in [3.05, 3.63) is 34.5 Å². The third-order valence-electron chi connectivity index (χ3n) is 1.76. The fourth-order valence-electron chi connectivity index (χ4n) is 1.14. The lowest BCUT2D eigenvalue weighted by Crippen LogP contribution is -2.13. The minimum absolute atomic E-state index is 0.0553. The molecule has 0 unspecified atom stereocenters. The standard InChI is InChI=1S/C9H9N3OS/c1-7-11-8(6-14-7)5-9(13)12-4-2-3-10-12/h2-4,6H,5H2,1H3. The van der Waals surface area contributed by atoms with Crippen molar-refractivity contribution in [2.45, 2.75) is 13.3 Å². The van der Waals surface area contributed by atoms with Crippen LogP contribution in [0.4, 0.5) is 0 Å². The maximum atomic E-state index is 11.5. The second kappa shape index (κ2) is 3.71. The number of rotatable bonds is 2. The first kappa shape index (κ1) is 9.08. The van der Waals surface area contributed by atoms with Gasteiger partial charge in [-0.05, 0) is 13.0 Å². The predicted octanol–water partition coefficient (Wildman–Crippen LogP) is 1.53. The lowest BCUT2D eigenvalue weighted by molar-refractivity contribution is 0.0897. The van der Waals surface area contributed by atoms with E-state index in [2.05, 4.69) is 10.1 Å². The van der Waals surface area contributed by atoms with Crippen LogP contribution in [0.5, 0.6) is 0 Å². The summed E-state index contributed by atoms with van der Waals surface area (Å²) in [5.74, 6) is -0.0553. The van der Waals surface area contributed by atoms with Gasteiger partial charge in [-0.15, -0.1) is 11.3 Å². The van der Waals surface area contributed by atoms with Crippen LogP contribution in [0.2, 0.25) is 0 Å².